The maximum Gasteiger partial charge on any atom is 0.349 e. The zero-order chi connectivity index (χ0) is 18.7. The fraction of sp³-hybridized carbons (Fsp3) is 0.550. The summed E-state index contributed by atoms with van der Waals surface area (Å²) in [5.41, 5.74) is 2.93. The molecule has 0 atom stereocenters. The van der Waals surface area contributed by atoms with Crippen molar-refractivity contribution in [2.24, 2.45) is 0 Å². The van der Waals surface area contributed by atoms with Crippen molar-refractivity contribution >= 4 is 18.0 Å². The number of esters is 1. The van der Waals surface area contributed by atoms with E-state index in [0.29, 0.717) is 6.04 Å². The number of aromatic nitrogens is 1. The molecule has 0 bridgehead atoms. The monoisotopic (exact) mass is 355 g/mol. The second-order valence-electron chi connectivity index (χ2n) is 7.22. The molecule has 6 heteroatoms. The van der Waals surface area contributed by atoms with Gasteiger partial charge >= 0.3 is 5.97 Å². The maximum atomic E-state index is 12.2. The molecule has 1 N–H and O–H groups in total. The third kappa shape index (κ3) is 4.16. The first-order valence-corrected chi connectivity index (χ1v) is 9.26. The Morgan fingerprint density at radius 1 is 1.31 bits per heavy atom. The predicted octanol–water partition coefficient (Wildman–Crippen LogP) is 2.95. The molecule has 0 radical (unpaired) electrons. The molecule has 0 saturated heterocycles. The number of aryl methyl sites for hydroxylation is 1. The van der Waals surface area contributed by atoms with Gasteiger partial charge in [-0.15, -0.1) is 0 Å². The lowest BCUT2D eigenvalue weighted by Gasteiger charge is -2.11. The molecule has 6 nitrogen and oxygen atoms in total. The topological polar surface area (TPSA) is 84.1 Å². The molecule has 0 aromatic carbocycles. The smallest absolute Gasteiger partial charge is 0.349 e. The van der Waals surface area contributed by atoms with E-state index < -0.39 is 5.97 Å². The summed E-state index contributed by atoms with van der Waals surface area (Å²) in [6.45, 7) is 3.67. The van der Waals surface area contributed by atoms with E-state index in [0.717, 1.165) is 42.6 Å². The number of amides is 1. The van der Waals surface area contributed by atoms with Crippen molar-refractivity contribution in [1.29, 1.82) is 5.26 Å². The largest absolute Gasteiger partial charge is 0.451 e. The van der Waals surface area contributed by atoms with Gasteiger partial charge in [-0.1, -0.05) is 12.8 Å². The summed E-state index contributed by atoms with van der Waals surface area (Å²) in [7, 11) is 0. The zero-order valence-corrected chi connectivity index (χ0v) is 15.4. The van der Waals surface area contributed by atoms with Crippen LogP contribution in [0.15, 0.2) is 11.6 Å². The van der Waals surface area contributed by atoms with Crippen LogP contribution in [-0.4, -0.2) is 29.1 Å². The lowest BCUT2D eigenvalue weighted by Crippen LogP contribution is -2.36. The molecular weight excluding hydrogens is 330 g/mol. The maximum absolute atomic E-state index is 12.2. The van der Waals surface area contributed by atoms with Crippen molar-refractivity contribution < 1.29 is 14.3 Å². The van der Waals surface area contributed by atoms with Crippen LogP contribution in [0, 0.1) is 25.2 Å². The zero-order valence-electron chi connectivity index (χ0n) is 15.4. The predicted molar refractivity (Wildman–Crippen MR) is 97.1 cm³/mol. The van der Waals surface area contributed by atoms with Crippen LogP contribution in [0.2, 0.25) is 0 Å². The number of nitrogens with zero attached hydrogens (tertiary/aromatic N) is 2. The van der Waals surface area contributed by atoms with Crippen molar-refractivity contribution in [2.75, 3.05) is 6.61 Å². The Bertz CT molecular complexity index is 775. The fourth-order valence-corrected chi connectivity index (χ4v) is 3.68. The van der Waals surface area contributed by atoms with Crippen molar-refractivity contribution in [3.63, 3.8) is 0 Å². The summed E-state index contributed by atoms with van der Waals surface area (Å²) < 4.78 is 7.28. The minimum absolute atomic E-state index is 0.0882. The highest BCUT2D eigenvalue weighted by atomic mass is 16.5. The summed E-state index contributed by atoms with van der Waals surface area (Å²) in [5, 5.41) is 12.2. The van der Waals surface area contributed by atoms with E-state index in [9.17, 15) is 14.9 Å². The van der Waals surface area contributed by atoms with E-state index >= 15 is 0 Å². The van der Waals surface area contributed by atoms with Crippen molar-refractivity contribution in [1.82, 2.24) is 9.88 Å². The molecule has 1 heterocycles. The summed E-state index contributed by atoms with van der Waals surface area (Å²) in [4.78, 5) is 24.0. The van der Waals surface area contributed by atoms with Crippen LogP contribution in [0.1, 0.15) is 61.5 Å². The normalized spacial score (nSPS) is 17.8. The van der Waals surface area contributed by atoms with Crippen LogP contribution in [0.5, 0.6) is 0 Å². The van der Waals surface area contributed by atoms with E-state index in [4.69, 9.17) is 4.74 Å². The summed E-state index contributed by atoms with van der Waals surface area (Å²) >= 11 is 0. The average molecular weight is 355 g/mol. The van der Waals surface area contributed by atoms with Gasteiger partial charge in [0.05, 0.1) is 0 Å². The van der Waals surface area contributed by atoms with Crippen LogP contribution >= 0.6 is 0 Å². The lowest BCUT2D eigenvalue weighted by atomic mass is 10.1. The van der Waals surface area contributed by atoms with Crippen LogP contribution in [0.4, 0.5) is 0 Å². The van der Waals surface area contributed by atoms with Crippen LogP contribution in [0.25, 0.3) is 6.08 Å². The molecule has 0 aliphatic heterocycles. The van der Waals surface area contributed by atoms with Crippen LogP contribution in [-0.2, 0) is 14.3 Å². The molecule has 0 unspecified atom stereocenters. The Morgan fingerprint density at radius 2 is 2.00 bits per heavy atom. The number of hydrogen-bond donors (Lipinski definition) is 1. The van der Waals surface area contributed by atoms with Gasteiger partial charge in [-0.2, -0.15) is 5.26 Å². The van der Waals surface area contributed by atoms with Crippen LogP contribution < -0.4 is 5.32 Å². The lowest BCUT2D eigenvalue weighted by molar-refractivity contribution is -0.144. The summed E-state index contributed by atoms with van der Waals surface area (Å²) in [5.74, 6) is -1.07. The number of ether oxygens (including phenoxy) is 1. The van der Waals surface area contributed by atoms with E-state index in [1.807, 2.05) is 26.0 Å². The number of nitrogens with one attached hydrogen (secondary N) is 1. The highest BCUT2D eigenvalue weighted by molar-refractivity contribution is 5.99. The van der Waals surface area contributed by atoms with Crippen molar-refractivity contribution in [2.45, 2.75) is 64.5 Å². The molecule has 2 fully saturated rings. The molecule has 1 amide bonds. The van der Waals surface area contributed by atoms with Gasteiger partial charge < -0.3 is 14.6 Å². The molecule has 2 aliphatic rings. The molecule has 2 aliphatic carbocycles. The number of rotatable bonds is 6. The number of carbonyl (C=O) groups excluding carboxylic acids is 2. The van der Waals surface area contributed by atoms with Gasteiger partial charge in [0.25, 0.3) is 5.91 Å². The Kier molecular flexibility index (Phi) is 5.46. The Hall–Kier alpha value is -2.55. The molecule has 2 saturated carbocycles. The Morgan fingerprint density at radius 3 is 2.62 bits per heavy atom. The first kappa shape index (κ1) is 18.2. The SMILES string of the molecule is Cc1cc(/C=C(\C#N)C(=O)OCC(=O)NC2CCCC2)c(C)n1C1CC1. The summed E-state index contributed by atoms with van der Waals surface area (Å²) in [6, 6.07) is 4.59. The van der Waals surface area contributed by atoms with Gasteiger partial charge in [0.2, 0.25) is 0 Å². The second kappa shape index (κ2) is 7.77. The first-order valence-electron chi connectivity index (χ1n) is 9.26. The molecule has 3 rings (SSSR count). The van der Waals surface area contributed by atoms with Gasteiger partial charge in [0, 0.05) is 23.5 Å². The Balaban J connectivity index is 1.61. The third-order valence-corrected chi connectivity index (χ3v) is 5.13. The highest BCUT2D eigenvalue weighted by Crippen LogP contribution is 2.38. The van der Waals surface area contributed by atoms with E-state index in [2.05, 4.69) is 9.88 Å². The fourth-order valence-electron chi connectivity index (χ4n) is 3.68. The first-order chi connectivity index (χ1) is 12.5. The van der Waals surface area contributed by atoms with Crippen molar-refractivity contribution in [3.05, 3.63) is 28.6 Å². The van der Waals surface area contributed by atoms with Gasteiger partial charge in [-0.25, -0.2) is 4.79 Å². The minimum atomic E-state index is -0.759. The standard InChI is InChI=1S/C20H25N3O3/c1-13-9-15(14(2)23(13)18-7-8-18)10-16(11-21)20(25)26-12-19(24)22-17-5-3-4-6-17/h9-10,17-18H,3-8,12H2,1-2H3,(H,22,24)/b16-10+. The quantitative estimate of drug-likeness (QED) is 0.483. The van der Waals surface area contributed by atoms with E-state index in [-0.39, 0.29) is 24.1 Å². The molecule has 26 heavy (non-hydrogen) atoms. The Labute approximate surface area is 153 Å². The molecular formula is C20H25N3O3. The van der Waals surface area contributed by atoms with Crippen molar-refractivity contribution in [3.8, 4) is 6.07 Å². The second-order valence-corrected chi connectivity index (χ2v) is 7.22. The third-order valence-electron chi connectivity index (χ3n) is 5.13. The van der Waals surface area contributed by atoms with Crippen LogP contribution in [0.3, 0.4) is 0 Å². The van der Waals surface area contributed by atoms with Gasteiger partial charge in [0.15, 0.2) is 6.61 Å². The average Bonchev–Trinajstić information content (AvgIpc) is 3.23. The highest BCUT2D eigenvalue weighted by Gasteiger charge is 2.27. The number of nitriles is 1. The molecule has 1 aromatic rings. The molecule has 0 spiro atoms. The van der Waals surface area contributed by atoms with E-state index in [1.54, 1.807) is 6.08 Å². The summed E-state index contributed by atoms with van der Waals surface area (Å²) in [6.07, 6.45) is 8.07. The molecule has 1 aromatic heterocycles. The van der Waals surface area contributed by atoms with Gasteiger partial charge in [0.1, 0.15) is 11.6 Å². The number of carbonyl (C=O) groups is 2. The molecule has 138 valence electrons. The minimum Gasteiger partial charge on any atom is -0.451 e. The van der Waals surface area contributed by atoms with Gasteiger partial charge in [-0.3, -0.25) is 4.79 Å². The number of hydrogen-bond acceptors (Lipinski definition) is 4. The van der Waals surface area contributed by atoms with Gasteiger partial charge in [-0.05, 0) is 57.2 Å². The van der Waals surface area contributed by atoms with E-state index in [1.165, 1.54) is 12.8 Å².